The second kappa shape index (κ2) is 8.56. The van der Waals surface area contributed by atoms with Gasteiger partial charge >= 0.3 is 6.18 Å². The van der Waals surface area contributed by atoms with E-state index in [0.29, 0.717) is 38.7 Å². The van der Waals surface area contributed by atoms with Crippen molar-refractivity contribution >= 4 is 15.8 Å². The van der Waals surface area contributed by atoms with Gasteiger partial charge in [0.2, 0.25) is 0 Å². The second-order valence-corrected chi connectivity index (χ2v) is 7.35. The second-order valence-electron chi connectivity index (χ2n) is 5.05. The van der Waals surface area contributed by atoms with E-state index in [9.17, 15) is 21.6 Å². The Morgan fingerprint density at radius 2 is 1.86 bits per heavy atom. The predicted molar refractivity (Wildman–Crippen MR) is 79.7 cm³/mol. The molecule has 0 amide bonds. The van der Waals surface area contributed by atoms with Crippen LogP contribution in [0, 0.1) is 0 Å². The molecule has 10 heteroatoms. The van der Waals surface area contributed by atoms with E-state index >= 15 is 0 Å². The van der Waals surface area contributed by atoms with Crippen LogP contribution in [0.3, 0.4) is 0 Å². The molecule has 1 aliphatic heterocycles. The number of nitrogens with one attached hydrogen (secondary N) is 2. The smallest absolute Gasteiger partial charge is 0.357 e. The number of rotatable bonds is 6. The highest BCUT2D eigenvalue weighted by atomic mass is 32.2. The third kappa shape index (κ3) is 8.42. The van der Waals surface area contributed by atoms with Crippen LogP contribution in [-0.4, -0.2) is 76.2 Å². The Hall–Kier alpha value is -1.03. The number of sulfone groups is 1. The minimum Gasteiger partial charge on any atom is -0.357 e. The lowest BCUT2D eigenvalue weighted by Crippen LogP contribution is -2.46. The molecule has 0 aromatic rings. The first-order chi connectivity index (χ1) is 10.2. The number of hydrogen-bond donors (Lipinski definition) is 2. The van der Waals surface area contributed by atoms with Crippen LogP contribution in [-0.2, 0) is 9.84 Å². The van der Waals surface area contributed by atoms with Crippen molar-refractivity contribution in [3.8, 4) is 0 Å². The molecule has 0 unspecified atom stereocenters. The molecule has 0 spiro atoms. The SMILES string of the molecule is CCNC(=NCCC(F)(F)F)NCCN1CCS(=O)(=O)CC1. The van der Waals surface area contributed by atoms with Crippen LogP contribution >= 0.6 is 0 Å². The highest BCUT2D eigenvalue weighted by Crippen LogP contribution is 2.18. The Balaban J connectivity index is 2.30. The fourth-order valence-electron chi connectivity index (χ4n) is 1.94. The molecule has 1 fully saturated rings. The van der Waals surface area contributed by atoms with Gasteiger partial charge in [0.15, 0.2) is 15.8 Å². The molecule has 0 atom stereocenters. The fourth-order valence-corrected chi connectivity index (χ4v) is 3.22. The van der Waals surface area contributed by atoms with Gasteiger partial charge in [0.05, 0.1) is 24.5 Å². The van der Waals surface area contributed by atoms with Gasteiger partial charge in [-0.15, -0.1) is 0 Å². The van der Waals surface area contributed by atoms with Crippen molar-refractivity contribution in [1.29, 1.82) is 0 Å². The first-order valence-corrected chi connectivity index (χ1v) is 9.06. The third-order valence-corrected chi connectivity index (χ3v) is 4.78. The molecule has 1 aliphatic rings. The van der Waals surface area contributed by atoms with Gasteiger partial charge in [-0.05, 0) is 6.92 Å². The summed E-state index contributed by atoms with van der Waals surface area (Å²) in [6.45, 7) is 4.17. The van der Waals surface area contributed by atoms with Crippen LogP contribution in [0.5, 0.6) is 0 Å². The van der Waals surface area contributed by atoms with Crippen molar-refractivity contribution in [2.75, 3.05) is 50.8 Å². The van der Waals surface area contributed by atoms with Crippen LogP contribution in [0.4, 0.5) is 13.2 Å². The number of guanidine groups is 1. The lowest BCUT2D eigenvalue weighted by atomic mass is 10.4. The summed E-state index contributed by atoms with van der Waals surface area (Å²) in [5.74, 6) is 0.663. The van der Waals surface area contributed by atoms with Crippen LogP contribution < -0.4 is 10.6 Å². The summed E-state index contributed by atoms with van der Waals surface area (Å²) in [7, 11) is -2.90. The zero-order valence-corrected chi connectivity index (χ0v) is 13.4. The van der Waals surface area contributed by atoms with E-state index in [2.05, 4.69) is 15.6 Å². The molecule has 0 saturated carbocycles. The Morgan fingerprint density at radius 3 is 2.41 bits per heavy atom. The summed E-state index contributed by atoms with van der Waals surface area (Å²) in [4.78, 5) is 5.87. The van der Waals surface area contributed by atoms with Gasteiger partial charge in [-0.3, -0.25) is 9.89 Å². The highest BCUT2D eigenvalue weighted by Gasteiger charge is 2.26. The van der Waals surface area contributed by atoms with Gasteiger partial charge in [0, 0.05) is 32.7 Å². The lowest BCUT2D eigenvalue weighted by Gasteiger charge is -2.26. The third-order valence-electron chi connectivity index (χ3n) is 3.17. The van der Waals surface area contributed by atoms with Crippen molar-refractivity contribution in [2.45, 2.75) is 19.5 Å². The molecule has 1 rings (SSSR count). The predicted octanol–water partition coefficient (Wildman–Crippen LogP) is 0.224. The molecule has 22 heavy (non-hydrogen) atoms. The van der Waals surface area contributed by atoms with Crippen molar-refractivity contribution in [2.24, 2.45) is 4.99 Å². The molecule has 0 aromatic carbocycles. The Bertz CT molecular complexity index is 451. The monoisotopic (exact) mass is 344 g/mol. The van der Waals surface area contributed by atoms with Gasteiger partial charge in [0.1, 0.15) is 0 Å². The summed E-state index contributed by atoms with van der Waals surface area (Å²) in [6.07, 6.45) is -5.16. The van der Waals surface area contributed by atoms with Crippen molar-refractivity contribution in [3.63, 3.8) is 0 Å². The maximum atomic E-state index is 12.1. The average Bonchev–Trinajstić information content (AvgIpc) is 2.39. The van der Waals surface area contributed by atoms with Crippen LogP contribution in [0.1, 0.15) is 13.3 Å². The molecule has 0 aliphatic carbocycles. The molecule has 0 aromatic heterocycles. The zero-order valence-electron chi connectivity index (χ0n) is 12.6. The maximum Gasteiger partial charge on any atom is 0.390 e. The Morgan fingerprint density at radius 1 is 1.23 bits per heavy atom. The van der Waals surface area contributed by atoms with Gasteiger partial charge in [-0.2, -0.15) is 13.2 Å². The number of aliphatic imine (C=N–C) groups is 1. The number of hydrogen-bond acceptors (Lipinski definition) is 4. The van der Waals surface area contributed by atoms with Gasteiger partial charge < -0.3 is 10.6 Å². The quantitative estimate of drug-likeness (QED) is 0.533. The minimum atomic E-state index is -4.21. The van der Waals surface area contributed by atoms with Crippen molar-refractivity contribution in [1.82, 2.24) is 15.5 Å². The van der Waals surface area contributed by atoms with Crippen LogP contribution in [0.2, 0.25) is 0 Å². The molecule has 6 nitrogen and oxygen atoms in total. The lowest BCUT2D eigenvalue weighted by molar-refractivity contribution is -0.132. The molecular formula is C12H23F3N4O2S. The van der Waals surface area contributed by atoms with E-state index in [1.54, 1.807) is 0 Å². The number of alkyl halides is 3. The van der Waals surface area contributed by atoms with Gasteiger partial charge in [0.25, 0.3) is 0 Å². The molecule has 0 radical (unpaired) electrons. The van der Waals surface area contributed by atoms with E-state index in [1.807, 2.05) is 11.8 Å². The summed E-state index contributed by atoms with van der Waals surface area (Å²) in [5.41, 5.74) is 0. The van der Waals surface area contributed by atoms with Crippen LogP contribution in [0.15, 0.2) is 4.99 Å². The molecule has 130 valence electrons. The van der Waals surface area contributed by atoms with E-state index in [-0.39, 0.29) is 18.1 Å². The van der Waals surface area contributed by atoms with Crippen LogP contribution in [0.25, 0.3) is 0 Å². The normalized spacial score (nSPS) is 19.9. The largest absolute Gasteiger partial charge is 0.390 e. The molecule has 2 N–H and O–H groups in total. The van der Waals surface area contributed by atoms with Crippen molar-refractivity contribution in [3.05, 3.63) is 0 Å². The Labute approximate surface area is 129 Å². The van der Waals surface area contributed by atoms with Gasteiger partial charge in [-0.25, -0.2) is 8.42 Å². The summed E-state index contributed by atoms with van der Waals surface area (Å²) < 4.78 is 58.8. The minimum absolute atomic E-state index is 0.159. The standard InChI is InChI=1S/C12H23F3N4O2S/c1-2-16-11(17-4-3-12(13,14)15)18-5-6-19-7-9-22(20,21)10-8-19/h2-10H2,1H3,(H2,16,17,18). The molecule has 1 heterocycles. The fraction of sp³-hybridized carbons (Fsp3) is 0.917. The summed E-state index contributed by atoms with van der Waals surface area (Å²) in [6, 6.07) is 0. The summed E-state index contributed by atoms with van der Waals surface area (Å²) >= 11 is 0. The van der Waals surface area contributed by atoms with Crippen molar-refractivity contribution < 1.29 is 21.6 Å². The number of nitrogens with zero attached hydrogens (tertiary/aromatic N) is 2. The average molecular weight is 344 g/mol. The first kappa shape index (κ1) is 19.0. The summed E-state index contributed by atoms with van der Waals surface area (Å²) in [5, 5.41) is 5.83. The molecule has 0 bridgehead atoms. The van der Waals surface area contributed by atoms with E-state index < -0.39 is 22.4 Å². The first-order valence-electron chi connectivity index (χ1n) is 7.23. The topological polar surface area (TPSA) is 73.8 Å². The van der Waals surface area contributed by atoms with E-state index in [1.165, 1.54) is 0 Å². The highest BCUT2D eigenvalue weighted by molar-refractivity contribution is 7.91. The van der Waals surface area contributed by atoms with Gasteiger partial charge in [-0.1, -0.05) is 0 Å². The Kier molecular flexibility index (Phi) is 7.40. The number of halogens is 3. The zero-order chi connectivity index (χ0) is 16.6. The molecule has 1 saturated heterocycles. The van der Waals surface area contributed by atoms with E-state index in [4.69, 9.17) is 0 Å². The maximum absolute atomic E-state index is 12.1. The molecular weight excluding hydrogens is 321 g/mol. The van der Waals surface area contributed by atoms with E-state index in [0.717, 1.165) is 0 Å².